The highest BCUT2D eigenvalue weighted by Crippen LogP contribution is 2.51. The molecule has 1 N–H and O–H groups in total. The average Bonchev–Trinajstić information content (AvgIpc) is 3.34. The van der Waals surface area contributed by atoms with Crippen molar-refractivity contribution in [2.24, 2.45) is 10.8 Å². The number of likely N-dealkylation sites (tertiary alicyclic amines) is 1. The predicted octanol–water partition coefficient (Wildman–Crippen LogP) is 4.84. The van der Waals surface area contributed by atoms with Crippen molar-refractivity contribution in [1.82, 2.24) is 4.90 Å². The highest BCUT2D eigenvalue weighted by atomic mass is 35.5. The fourth-order valence-corrected chi connectivity index (χ4v) is 5.34. The van der Waals surface area contributed by atoms with E-state index in [2.05, 4.69) is 17.0 Å². The maximum atomic E-state index is 11.4. The quantitative estimate of drug-likeness (QED) is 0.710. The zero-order chi connectivity index (χ0) is 20.2. The molecule has 1 heterocycles. The lowest BCUT2D eigenvalue weighted by Crippen LogP contribution is -2.58. The van der Waals surface area contributed by atoms with Crippen LogP contribution in [0.1, 0.15) is 29.5 Å². The zero-order valence-electron chi connectivity index (χ0n) is 16.1. The summed E-state index contributed by atoms with van der Waals surface area (Å²) in [6, 6.07) is 11.7. The molecule has 0 bridgehead atoms. The third-order valence-electron chi connectivity index (χ3n) is 6.66. The molecule has 152 valence electrons. The van der Waals surface area contributed by atoms with E-state index in [9.17, 15) is 9.90 Å². The number of fused-ring (bicyclic) bond motifs is 1. The van der Waals surface area contributed by atoms with Crippen LogP contribution in [0.4, 0.5) is 0 Å². The van der Waals surface area contributed by atoms with Gasteiger partial charge in [-0.2, -0.15) is 0 Å². The van der Waals surface area contributed by atoms with Crippen LogP contribution >= 0.6 is 23.2 Å². The first kappa shape index (κ1) is 19.2. The SMILES string of the molecule is O=C(O)C1(CN2CC3(Cc4ccc(OCc5cc(Cl)ccc5Cl)cc4C3)C2)CC1. The molecule has 1 aliphatic heterocycles. The molecule has 0 radical (unpaired) electrons. The Morgan fingerprint density at radius 2 is 1.83 bits per heavy atom. The van der Waals surface area contributed by atoms with Crippen LogP contribution in [0.5, 0.6) is 5.75 Å². The van der Waals surface area contributed by atoms with Crippen molar-refractivity contribution in [3.8, 4) is 5.75 Å². The third-order valence-corrected chi connectivity index (χ3v) is 7.27. The van der Waals surface area contributed by atoms with Gasteiger partial charge in [0.2, 0.25) is 0 Å². The van der Waals surface area contributed by atoms with Gasteiger partial charge in [0.15, 0.2) is 0 Å². The second-order valence-corrected chi connectivity index (χ2v) is 9.88. The van der Waals surface area contributed by atoms with Gasteiger partial charge >= 0.3 is 5.97 Å². The molecule has 0 amide bonds. The highest BCUT2D eigenvalue weighted by Gasteiger charge is 2.55. The molecule has 0 aromatic heterocycles. The molecular weight excluding hydrogens is 409 g/mol. The normalized spacial score (nSPS) is 20.9. The fourth-order valence-electron chi connectivity index (χ4n) is 4.97. The van der Waals surface area contributed by atoms with E-state index < -0.39 is 11.4 Å². The van der Waals surface area contributed by atoms with Crippen LogP contribution in [0, 0.1) is 10.8 Å². The molecule has 2 fully saturated rings. The number of hydrogen-bond acceptors (Lipinski definition) is 3. The minimum Gasteiger partial charge on any atom is -0.489 e. The Balaban J connectivity index is 1.20. The number of hydrogen-bond donors (Lipinski definition) is 1. The topological polar surface area (TPSA) is 49.8 Å². The Morgan fingerprint density at radius 3 is 2.55 bits per heavy atom. The van der Waals surface area contributed by atoms with E-state index in [0.717, 1.165) is 50.1 Å². The van der Waals surface area contributed by atoms with E-state index in [4.69, 9.17) is 27.9 Å². The summed E-state index contributed by atoms with van der Waals surface area (Å²) >= 11 is 12.3. The molecule has 1 saturated heterocycles. The number of rotatable bonds is 6. The first-order chi connectivity index (χ1) is 13.9. The molecule has 1 spiro atoms. The number of halogens is 2. The molecule has 2 aromatic rings. The lowest BCUT2D eigenvalue weighted by atomic mass is 9.76. The number of carboxylic acids is 1. The molecule has 0 unspecified atom stereocenters. The molecule has 5 rings (SSSR count). The van der Waals surface area contributed by atoms with Gasteiger partial charge in [0.25, 0.3) is 0 Å². The molecular formula is C23H23Cl2NO3. The van der Waals surface area contributed by atoms with Crippen molar-refractivity contribution in [3.05, 3.63) is 63.1 Å². The number of benzene rings is 2. The lowest BCUT2D eigenvalue weighted by molar-refractivity contribution is -0.145. The predicted molar refractivity (Wildman–Crippen MR) is 113 cm³/mol. The Labute approximate surface area is 180 Å². The molecule has 2 aliphatic carbocycles. The minimum atomic E-state index is -0.630. The number of carbonyl (C=O) groups is 1. The molecule has 1 saturated carbocycles. The van der Waals surface area contributed by atoms with E-state index in [-0.39, 0.29) is 5.41 Å². The van der Waals surface area contributed by atoms with Crippen LogP contribution in [0.3, 0.4) is 0 Å². The van der Waals surface area contributed by atoms with Gasteiger partial charge < -0.3 is 14.7 Å². The first-order valence-electron chi connectivity index (χ1n) is 10.0. The van der Waals surface area contributed by atoms with Gasteiger partial charge in [0, 0.05) is 40.7 Å². The van der Waals surface area contributed by atoms with Gasteiger partial charge in [-0.05, 0) is 67.1 Å². The zero-order valence-corrected chi connectivity index (χ0v) is 17.6. The molecule has 4 nitrogen and oxygen atoms in total. The number of carboxylic acid groups (broad SMARTS) is 1. The summed E-state index contributed by atoms with van der Waals surface area (Å²) < 4.78 is 5.98. The Kier molecular flexibility index (Phi) is 4.57. The molecule has 6 heteroatoms. The minimum absolute atomic E-state index is 0.270. The third kappa shape index (κ3) is 3.63. The first-order valence-corrected chi connectivity index (χ1v) is 10.8. The van der Waals surface area contributed by atoms with Crippen molar-refractivity contribution in [3.63, 3.8) is 0 Å². The van der Waals surface area contributed by atoms with Gasteiger partial charge in [-0.1, -0.05) is 29.3 Å². The highest BCUT2D eigenvalue weighted by molar-refractivity contribution is 6.33. The lowest BCUT2D eigenvalue weighted by Gasteiger charge is -2.49. The van der Waals surface area contributed by atoms with Crippen molar-refractivity contribution >= 4 is 29.2 Å². The van der Waals surface area contributed by atoms with E-state index >= 15 is 0 Å². The van der Waals surface area contributed by atoms with Crippen LogP contribution in [-0.4, -0.2) is 35.6 Å². The smallest absolute Gasteiger partial charge is 0.310 e. The van der Waals surface area contributed by atoms with Gasteiger partial charge in [0.1, 0.15) is 12.4 Å². The number of nitrogens with zero attached hydrogens (tertiary/aromatic N) is 1. The standard InChI is InChI=1S/C23H23Cl2NO3/c24-18-2-4-20(25)17(7-18)11-29-19-3-1-15-9-22(10-16(15)8-19)12-26(13-22)14-23(5-6-23)21(27)28/h1-4,7-8H,5-6,9-14H2,(H,27,28). The monoisotopic (exact) mass is 431 g/mol. The second-order valence-electron chi connectivity index (χ2n) is 9.04. The molecule has 29 heavy (non-hydrogen) atoms. The van der Waals surface area contributed by atoms with E-state index in [1.54, 1.807) is 12.1 Å². The summed E-state index contributed by atoms with van der Waals surface area (Å²) in [6.45, 7) is 3.07. The van der Waals surface area contributed by atoms with Crippen LogP contribution in [0.2, 0.25) is 10.0 Å². The van der Waals surface area contributed by atoms with E-state index in [1.807, 2.05) is 12.1 Å². The summed E-state index contributed by atoms with van der Waals surface area (Å²) in [5, 5.41) is 10.7. The van der Waals surface area contributed by atoms with Crippen LogP contribution in [0.25, 0.3) is 0 Å². The summed E-state index contributed by atoms with van der Waals surface area (Å²) in [5.41, 5.74) is 3.41. The summed E-state index contributed by atoms with van der Waals surface area (Å²) in [4.78, 5) is 13.8. The summed E-state index contributed by atoms with van der Waals surface area (Å²) in [7, 11) is 0. The summed E-state index contributed by atoms with van der Waals surface area (Å²) in [6.07, 6.45) is 3.75. The van der Waals surface area contributed by atoms with E-state index in [0.29, 0.717) is 23.2 Å². The van der Waals surface area contributed by atoms with Gasteiger partial charge in [-0.25, -0.2) is 0 Å². The van der Waals surface area contributed by atoms with Gasteiger partial charge in [-0.3, -0.25) is 4.79 Å². The number of aliphatic carboxylic acids is 1. The molecule has 0 atom stereocenters. The van der Waals surface area contributed by atoms with Crippen molar-refractivity contribution < 1.29 is 14.6 Å². The maximum absolute atomic E-state index is 11.4. The summed E-state index contributed by atoms with van der Waals surface area (Å²) in [5.74, 6) is 0.214. The Bertz CT molecular complexity index is 980. The van der Waals surface area contributed by atoms with Crippen LogP contribution in [-0.2, 0) is 24.2 Å². The van der Waals surface area contributed by atoms with Gasteiger partial charge in [0.05, 0.1) is 5.41 Å². The van der Waals surface area contributed by atoms with Crippen LogP contribution in [0.15, 0.2) is 36.4 Å². The Hall–Kier alpha value is -1.75. The fraction of sp³-hybridized carbons (Fsp3) is 0.435. The van der Waals surface area contributed by atoms with Crippen molar-refractivity contribution in [1.29, 1.82) is 0 Å². The van der Waals surface area contributed by atoms with Crippen LogP contribution < -0.4 is 4.74 Å². The van der Waals surface area contributed by atoms with Crippen molar-refractivity contribution in [2.75, 3.05) is 19.6 Å². The second kappa shape index (κ2) is 6.90. The van der Waals surface area contributed by atoms with Crippen molar-refractivity contribution in [2.45, 2.75) is 32.3 Å². The number of ether oxygens (including phenoxy) is 1. The Morgan fingerprint density at radius 1 is 1.07 bits per heavy atom. The molecule has 3 aliphatic rings. The van der Waals surface area contributed by atoms with E-state index in [1.165, 1.54) is 11.1 Å². The largest absolute Gasteiger partial charge is 0.489 e. The van der Waals surface area contributed by atoms with Gasteiger partial charge in [-0.15, -0.1) is 0 Å². The molecule has 2 aromatic carbocycles. The maximum Gasteiger partial charge on any atom is 0.310 e. The average molecular weight is 432 g/mol.